The fourth-order valence-corrected chi connectivity index (χ4v) is 0.192. The van der Waals surface area contributed by atoms with E-state index >= 15 is 0 Å². The van der Waals surface area contributed by atoms with Gasteiger partial charge in [-0.1, -0.05) is 0 Å². The topological polar surface area (TPSA) is 26.0 Å². The summed E-state index contributed by atoms with van der Waals surface area (Å²) in [5.41, 5.74) is 4.90. The molecule has 0 aliphatic heterocycles. The predicted octanol–water partition coefficient (Wildman–Crippen LogP) is 1.12. The van der Waals surface area contributed by atoms with Gasteiger partial charge in [0.15, 0.2) is 0 Å². The summed E-state index contributed by atoms with van der Waals surface area (Å²) in [5.74, 6) is 0. The van der Waals surface area contributed by atoms with Gasteiger partial charge in [-0.25, -0.2) is 0 Å². The van der Waals surface area contributed by atoms with Crippen LogP contribution in [0.1, 0.15) is 6.42 Å². The number of hydrogen-bond acceptors (Lipinski definition) is 1. The molecule has 0 bridgehead atoms. The van der Waals surface area contributed by atoms with Gasteiger partial charge >= 0.3 is 0 Å². The molecular weight excluding hydrogens is 100 g/mol. The molecule has 0 heterocycles. The third kappa shape index (κ3) is 5.56. The van der Waals surface area contributed by atoms with Crippen molar-refractivity contribution in [3.05, 3.63) is 12.2 Å². The Bertz CT molecular complexity index is 66.1. The van der Waals surface area contributed by atoms with Crippen molar-refractivity contribution in [2.75, 3.05) is 6.54 Å². The summed E-state index contributed by atoms with van der Waals surface area (Å²) in [4.78, 5) is 0. The second kappa shape index (κ2) is 3.74. The lowest BCUT2D eigenvalue weighted by atomic mass is 10.4. The molecular formula is C4H7F2N. The number of nitrogens with two attached hydrogens (primary N) is 1. The van der Waals surface area contributed by atoms with Crippen LogP contribution in [-0.4, -0.2) is 6.54 Å². The van der Waals surface area contributed by atoms with Gasteiger partial charge in [0.2, 0.25) is 0 Å². The molecule has 3 heteroatoms. The molecule has 0 amide bonds. The molecule has 0 radical (unpaired) electrons. The highest BCUT2D eigenvalue weighted by Crippen LogP contribution is 1.96. The first kappa shape index (κ1) is 6.56. The fourth-order valence-electron chi connectivity index (χ4n) is 0.192. The first-order chi connectivity index (χ1) is 3.27. The Balaban J connectivity index is 3.08. The summed E-state index contributed by atoms with van der Waals surface area (Å²) in [5, 5.41) is 0. The smallest absolute Gasteiger partial charge is 0.266 e. The molecule has 0 aromatic carbocycles. The van der Waals surface area contributed by atoms with E-state index in [2.05, 4.69) is 0 Å². The minimum absolute atomic E-state index is 0.266. The summed E-state index contributed by atoms with van der Waals surface area (Å²) in [6, 6.07) is 0. The Morgan fingerprint density at radius 3 is 2.29 bits per heavy atom. The molecule has 0 saturated carbocycles. The van der Waals surface area contributed by atoms with Crippen LogP contribution in [0.5, 0.6) is 0 Å². The van der Waals surface area contributed by atoms with Crippen molar-refractivity contribution in [3.8, 4) is 0 Å². The molecule has 0 aliphatic carbocycles. The van der Waals surface area contributed by atoms with E-state index in [0.29, 0.717) is 0 Å². The highest BCUT2D eigenvalue weighted by atomic mass is 19.3. The van der Waals surface area contributed by atoms with Crippen LogP contribution in [0.15, 0.2) is 12.2 Å². The van der Waals surface area contributed by atoms with Gasteiger partial charge in [0.25, 0.3) is 6.08 Å². The lowest BCUT2D eigenvalue weighted by Gasteiger charge is -1.79. The van der Waals surface area contributed by atoms with Crippen molar-refractivity contribution in [3.63, 3.8) is 0 Å². The molecule has 42 valence electrons. The van der Waals surface area contributed by atoms with Gasteiger partial charge in [0, 0.05) is 0 Å². The number of rotatable bonds is 2. The molecule has 0 saturated heterocycles. The van der Waals surface area contributed by atoms with Gasteiger partial charge in [0.05, 0.1) is 0 Å². The van der Waals surface area contributed by atoms with E-state index in [1.165, 1.54) is 0 Å². The van der Waals surface area contributed by atoms with Gasteiger partial charge < -0.3 is 5.73 Å². The quantitative estimate of drug-likeness (QED) is 0.562. The van der Waals surface area contributed by atoms with Crippen LogP contribution < -0.4 is 5.73 Å². The van der Waals surface area contributed by atoms with Gasteiger partial charge in [0.1, 0.15) is 0 Å². The van der Waals surface area contributed by atoms with Crippen LogP contribution in [0.2, 0.25) is 0 Å². The normalized spacial score (nSPS) is 8.43. The first-order valence-corrected chi connectivity index (χ1v) is 1.98. The Hall–Kier alpha value is -0.440. The Morgan fingerprint density at radius 2 is 2.14 bits per heavy atom. The summed E-state index contributed by atoms with van der Waals surface area (Å²) in [7, 11) is 0. The van der Waals surface area contributed by atoms with Crippen molar-refractivity contribution in [1.29, 1.82) is 0 Å². The van der Waals surface area contributed by atoms with Crippen LogP contribution >= 0.6 is 0 Å². The number of hydrogen-bond donors (Lipinski definition) is 1. The number of halogens is 2. The van der Waals surface area contributed by atoms with Crippen molar-refractivity contribution in [1.82, 2.24) is 0 Å². The predicted molar refractivity (Wildman–Crippen MR) is 24.0 cm³/mol. The van der Waals surface area contributed by atoms with E-state index < -0.39 is 6.08 Å². The van der Waals surface area contributed by atoms with Crippen LogP contribution in [0.25, 0.3) is 0 Å². The molecule has 1 nitrogen and oxygen atoms in total. The van der Waals surface area contributed by atoms with Gasteiger partial charge in [-0.05, 0) is 19.0 Å². The van der Waals surface area contributed by atoms with Gasteiger partial charge in [-0.2, -0.15) is 8.78 Å². The summed E-state index contributed by atoms with van der Waals surface area (Å²) in [6.45, 7) is 0.289. The van der Waals surface area contributed by atoms with Gasteiger partial charge in [-0.15, -0.1) is 0 Å². The summed E-state index contributed by atoms with van der Waals surface area (Å²) >= 11 is 0. The minimum Gasteiger partial charge on any atom is -0.330 e. The van der Waals surface area contributed by atoms with Crippen molar-refractivity contribution in [2.45, 2.75) is 6.42 Å². The molecule has 0 unspecified atom stereocenters. The monoisotopic (exact) mass is 107 g/mol. The van der Waals surface area contributed by atoms with Crippen molar-refractivity contribution < 1.29 is 8.78 Å². The van der Waals surface area contributed by atoms with Crippen LogP contribution in [0, 0.1) is 0 Å². The highest BCUT2D eigenvalue weighted by Gasteiger charge is 1.82. The van der Waals surface area contributed by atoms with E-state index in [1.54, 1.807) is 0 Å². The molecule has 0 rings (SSSR count). The van der Waals surface area contributed by atoms with E-state index in [4.69, 9.17) is 5.73 Å². The molecule has 0 aliphatic rings. The highest BCUT2D eigenvalue weighted by molar-refractivity contribution is 4.79. The maximum Gasteiger partial charge on any atom is 0.266 e. The average Bonchev–Trinajstić information content (AvgIpc) is 1.61. The Labute approximate surface area is 40.8 Å². The van der Waals surface area contributed by atoms with E-state index in [0.717, 1.165) is 6.08 Å². The summed E-state index contributed by atoms with van der Waals surface area (Å²) in [6.07, 6.45) is -0.576. The van der Waals surface area contributed by atoms with Crippen molar-refractivity contribution >= 4 is 0 Å². The standard InChI is InChI=1S/C4H7F2N/c5-4(6)2-1-3-7/h2H,1,3,7H2. The van der Waals surface area contributed by atoms with E-state index in [-0.39, 0.29) is 13.0 Å². The zero-order valence-corrected chi connectivity index (χ0v) is 3.82. The molecule has 2 N–H and O–H groups in total. The van der Waals surface area contributed by atoms with Crippen LogP contribution in [0.3, 0.4) is 0 Å². The largest absolute Gasteiger partial charge is 0.330 e. The fraction of sp³-hybridized carbons (Fsp3) is 0.500. The lowest BCUT2D eigenvalue weighted by molar-refractivity contribution is 0.417. The molecule has 0 aromatic heterocycles. The van der Waals surface area contributed by atoms with E-state index in [1.807, 2.05) is 0 Å². The SMILES string of the molecule is NCCC=C(F)F. The Morgan fingerprint density at radius 1 is 1.57 bits per heavy atom. The third-order valence-corrected chi connectivity index (χ3v) is 0.465. The maximum absolute atomic E-state index is 11.0. The molecule has 0 fully saturated rings. The maximum atomic E-state index is 11.0. The zero-order chi connectivity index (χ0) is 5.70. The molecule has 0 aromatic rings. The molecule has 0 spiro atoms. The first-order valence-electron chi connectivity index (χ1n) is 1.98. The third-order valence-electron chi connectivity index (χ3n) is 0.465. The molecule has 0 atom stereocenters. The van der Waals surface area contributed by atoms with Crippen LogP contribution in [-0.2, 0) is 0 Å². The zero-order valence-electron chi connectivity index (χ0n) is 3.82. The van der Waals surface area contributed by atoms with Crippen molar-refractivity contribution in [2.24, 2.45) is 5.73 Å². The second-order valence-electron chi connectivity index (χ2n) is 1.07. The molecule has 7 heavy (non-hydrogen) atoms. The Kier molecular flexibility index (Phi) is 3.50. The lowest BCUT2D eigenvalue weighted by Crippen LogP contribution is -1.95. The second-order valence-corrected chi connectivity index (χ2v) is 1.07. The summed E-state index contributed by atoms with van der Waals surface area (Å²) < 4.78 is 22.1. The average molecular weight is 107 g/mol. The minimum atomic E-state index is -1.65. The van der Waals surface area contributed by atoms with E-state index in [9.17, 15) is 8.78 Å². The van der Waals surface area contributed by atoms with Crippen LogP contribution in [0.4, 0.5) is 8.78 Å². The van der Waals surface area contributed by atoms with Gasteiger partial charge in [-0.3, -0.25) is 0 Å².